The summed E-state index contributed by atoms with van der Waals surface area (Å²) in [6.45, 7) is 5.94. The number of fused-ring (bicyclic) bond motifs is 1. The molecule has 6 nitrogen and oxygen atoms in total. The van der Waals surface area contributed by atoms with Crippen LogP contribution in [0.3, 0.4) is 0 Å². The van der Waals surface area contributed by atoms with Gasteiger partial charge in [0.25, 0.3) is 5.56 Å². The van der Waals surface area contributed by atoms with Crippen LogP contribution in [0, 0.1) is 12.7 Å². The molecular weight excluding hydrogens is 379 g/mol. The van der Waals surface area contributed by atoms with Crippen molar-refractivity contribution in [1.29, 1.82) is 0 Å². The number of benzene rings is 1. The third-order valence-electron chi connectivity index (χ3n) is 4.58. The molecule has 3 aromatic rings. The highest BCUT2D eigenvalue weighted by Crippen LogP contribution is 2.22. The molecule has 3 rings (SSSR count). The Bertz CT molecular complexity index is 1060. The third-order valence-corrected chi connectivity index (χ3v) is 5.54. The van der Waals surface area contributed by atoms with E-state index in [1.54, 1.807) is 22.8 Å². The molecule has 1 aromatic carbocycles. The van der Waals surface area contributed by atoms with Crippen LogP contribution in [0.1, 0.15) is 37.6 Å². The Balaban J connectivity index is 1.76. The lowest BCUT2D eigenvalue weighted by molar-refractivity contribution is -0.118. The predicted molar refractivity (Wildman–Crippen MR) is 109 cm³/mol. The van der Waals surface area contributed by atoms with Crippen LogP contribution < -0.4 is 10.9 Å². The van der Waals surface area contributed by atoms with Gasteiger partial charge in [-0.3, -0.25) is 14.2 Å². The Morgan fingerprint density at radius 3 is 2.86 bits per heavy atom. The van der Waals surface area contributed by atoms with Crippen molar-refractivity contribution >= 4 is 28.7 Å². The number of carbonyl (C=O) groups excluding carboxylic acids is 1. The minimum Gasteiger partial charge on any atom is -0.353 e. The summed E-state index contributed by atoms with van der Waals surface area (Å²) in [6, 6.07) is 8.10. The molecule has 0 bridgehead atoms. The van der Waals surface area contributed by atoms with Crippen LogP contribution in [0.4, 0.5) is 4.39 Å². The van der Waals surface area contributed by atoms with E-state index < -0.39 is 0 Å². The van der Waals surface area contributed by atoms with Gasteiger partial charge in [-0.05, 0) is 32.4 Å². The standard InChI is InChI=1S/C20H23FN4O2S/c1-4-13(3)25-19(27)18-16(9-12(2)23-18)24-20(25)28-11-17(26)22-10-14-7-5-6-8-15(14)21/h5-9,13,23H,4,10-11H2,1-3H3,(H,22,26)/t13-/m0/s1. The van der Waals surface area contributed by atoms with E-state index in [1.807, 2.05) is 26.8 Å². The lowest BCUT2D eigenvalue weighted by atomic mass is 10.2. The van der Waals surface area contributed by atoms with E-state index in [0.717, 1.165) is 12.1 Å². The number of aryl methyl sites for hydroxylation is 1. The number of thioether (sulfide) groups is 1. The molecule has 0 aliphatic heterocycles. The summed E-state index contributed by atoms with van der Waals surface area (Å²) in [5.74, 6) is -0.508. The van der Waals surface area contributed by atoms with Crippen molar-refractivity contribution < 1.29 is 9.18 Å². The summed E-state index contributed by atoms with van der Waals surface area (Å²) in [5, 5.41) is 3.21. The smallest absolute Gasteiger partial charge is 0.278 e. The summed E-state index contributed by atoms with van der Waals surface area (Å²) < 4.78 is 15.3. The van der Waals surface area contributed by atoms with Gasteiger partial charge in [0.1, 0.15) is 11.3 Å². The van der Waals surface area contributed by atoms with Gasteiger partial charge in [0, 0.05) is 23.8 Å². The minimum atomic E-state index is -0.351. The summed E-state index contributed by atoms with van der Waals surface area (Å²) in [5.41, 5.74) is 2.23. The van der Waals surface area contributed by atoms with Crippen molar-refractivity contribution in [2.24, 2.45) is 0 Å². The molecule has 8 heteroatoms. The lowest BCUT2D eigenvalue weighted by Crippen LogP contribution is -2.28. The fourth-order valence-corrected chi connectivity index (χ4v) is 3.81. The monoisotopic (exact) mass is 402 g/mol. The number of amides is 1. The van der Waals surface area contributed by atoms with Gasteiger partial charge < -0.3 is 10.3 Å². The zero-order chi connectivity index (χ0) is 20.3. The molecule has 28 heavy (non-hydrogen) atoms. The lowest BCUT2D eigenvalue weighted by Gasteiger charge is -2.17. The molecule has 0 unspecified atom stereocenters. The molecule has 2 heterocycles. The minimum absolute atomic E-state index is 0.0445. The van der Waals surface area contributed by atoms with Gasteiger partial charge >= 0.3 is 0 Å². The maximum absolute atomic E-state index is 13.7. The molecule has 148 valence electrons. The number of carbonyl (C=O) groups is 1. The Morgan fingerprint density at radius 1 is 1.39 bits per heavy atom. The van der Waals surface area contributed by atoms with Crippen LogP contribution in [-0.2, 0) is 11.3 Å². The molecule has 1 amide bonds. The van der Waals surface area contributed by atoms with Crippen molar-refractivity contribution in [1.82, 2.24) is 19.9 Å². The topological polar surface area (TPSA) is 79.8 Å². The summed E-state index contributed by atoms with van der Waals surface area (Å²) in [6.07, 6.45) is 0.764. The molecule has 0 aliphatic carbocycles. The maximum Gasteiger partial charge on any atom is 0.278 e. The first-order valence-corrected chi connectivity index (χ1v) is 10.1. The van der Waals surface area contributed by atoms with Gasteiger partial charge in [-0.15, -0.1) is 0 Å². The Kier molecular flexibility index (Phi) is 6.18. The van der Waals surface area contributed by atoms with E-state index in [1.165, 1.54) is 17.8 Å². The molecule has 0 saturated carbocycles. The number of nitrogens with one attached hydrogen (secondary N) is 2. The van der Waals surface area contributed by atoms with Crippen molar-refractivity contribution in [2.75, 3.05) is 5.75 Å². The van der Waals surface area contributed by atoms with Crippen molar-refractivity contribution in [3.8, 4) is 0 Å². The third kappa shape index (κ3) is 4.27. The summed E-state index contributed by atoms with van der Waals surface area (Å²) in [4.78, 5) is 32.8. The van der Waals surface area contributed by atoms with Gasteiger partial charge in [-0.1, -0.05) is 36.9 Å². The number of H-pyrrole nitrogens is 1. The molecule has 0 aliphatic rings. The van der Waals surface area contributed by atoms with Gasteiger partial charge in [-0.2, -0.15) is 0 Å². The van der Waals surface area contributed by atoms with Crippen LogP contribution in [0.15, 0.2) is 40.3 Å². The van der Waals surface area contributed by atoms with Crippen LogP contribution in [-0.4, -0.2) is 26.2 Å². The number of nitrogens with zero attached hydrogens (tertiary/aromatic N) is 2. The highest BCUT2D eigenvalue weighted by Gasteiger charge is 2.18. The molecule has 0 saturated heterocycles. The van der Waals surface area contributed by atoms with Gasteiger partial charge in [-0.25, -0.2) is 9.37 Å². The van der Waals surface area contributed by atoms with Crippen molar-refractivity contribution in [3.05, 3.63) is 57.8 Å². The first-order chi connectivity index (χ1) is 13.4. The molecule has 0 radical (unpaired) electrons. The van der Waals surface area contributed by atoms with E-state index in [-0.39, 0.29) is 35.6 Å². The van der Waals surface area contributed by atoms with E-state index in [9.17, 15) is 14.0 Å². The number of aromatic amines is 1. The fourth-order valence-electron chi connectivity index (χ4n) is 2.88. The van der Waals surface area contributed by atoms with Crippen LogP contribution >= 0.6 is 11.8 Å². The van der Waals surface area contributed by atoms with E-state index >= 15 is 0 Å². The van der Waals surface area contributed by atoms with Crippen LogP contribution in [0.2, 0.25) is 0 Å². The number of aromatic nitrogens is 3. The zero-order valence-corrected chi connectivity index (χ0v) is 16.9. The first-order valence-electron chi connectivity index (χ1n) is 9.15. The first kappa shape index (κ1) is 20.1. The normalized spacial score (nSPS) is 12.3. The van der Waals surface area contributed by atoms with Gasteiger partial charge in [0.15, 0.2) is 5.16 Å². The average molecular weight is 402 g/mol. The fraction of sp³-hybridized carbons (Fsp3) is 0.350. The maximum atomic E-state index is 13.7. The second-order valence-corrected chi connectivity index (χ2v) is 7.64. The predicted octanol–water partition coefficient (Wildman–Crippen LogP) is 3.55. The van der Waals surface area contributed by atoms with Crippen molar-refractivity contribution in [2.45, 2.75) is 44.9 Å². The largest absolute Gasteiger partial charge is 0.353 e. The van der Waals surface area contributed by atoms with Crippen LogP contribution in [0.25, 0.3) is 11.0 Å². The van der Waals surface area contributed by atoms with Crippen molar-refractivity contribution in [3.63, 3.8) is 0 Å². The highest BCUT2D eigenvalue weighted by atomic mass is 32.2. The SMILES string of the molecule is CC[C@H](C)n1c(SCC(=O)NCc2ccccc2F)nc2cc(C)[nH]c2c1=O. The molecule has 2 aromatic heterocycles. The van der Waals surface area contributed by atoms with E-state index in [0.29, 0.717) is 21.8 Å². The number of halogens is 1. The number of hydrogen-bond acceptors (Lipinski definition) is 4. The quantitative estimate of drug-likeness (QED) is 0.468. The van der Waals surface area contributed by atoms with E-state index in [4.69, 9.17) is 0 Å². The van der Waals surface area contributed by atoms with Crippen LogP contribution in [0.5, 0.6) is 0 Å². The Morgan fingerprint density at radius 2 is 2.14 bits per heavy atom. The molecule has 0 spiro atoms. The second kappa shape index (κ2) is 8.60. The second-order valence-electron chi connectivity index (χ2n) is 6.70. The van der Waals surface area contributed by atoms with Gasteiger partial charge in [0.05, 0.1) is 11.3 Å². The zero-order valence-electron chi connectivity index (χ0n) is 16.1. The molecule has 1 atom stereocenters. The van der Waals surface area contributed by atoms with E-state index in [2.05, 4.69) is 15.3 Å². The molecular formula is C20H23FN4O2S. The molecule has 2 N–H and O–H groups in total. The summed E-state index contributed by atoms with van der Waals surface area (Å²) in [7, 11) is 0. The number of hydrogen-bond donors (Lipinski definition) is 2. The average Bonchev–Trinajstić information content (AvgIpc) is 3.06. The summed E-state index contributed by atoms with van der Waals surface area (Å²) >= 11 is 1.21. The highest BCUT2D eigenvalue weighted by molar-refractivity contribution is 7.99. The molecule has 0 fully saturated rings. The number of rotatable bonds is 7. The Hall–Kier alpha value is -2.61. The Labute approximate surface area is 166 Å². The van der Waals surface area contributed by atoms with Gasteiger partial charge in [0.2, 0.25) is 5.91 Å².